The Kier molecular flexibility index (Phi) is 6.94. The van der Waals surface area contributed by atoms with Gasteiger partial charge in [0.05, 0.1) is 6.61 Å². The summed E-state index contributed by atoms with van der Waals surface area (Å²) in [5.74, 6) is 0. The van der Waals surface area contributed by atoms with E-state index in [4.69, 9.17) is 4.43 Å². The first-order valence-electron chi connectivity index (χ1n) is 6.53. The predicted molar refractivity (Wildman–Crippen MR) is 76.8 cm³/mol. The van der Waals surface area contributed by atoms with Crippen molar-refractivity contribution >= 4 is 14.6 Å². The lowest BCUT2D eigenvalue weighted by Crippen LogP contribution is -2.48. The molecule has 0 saturated carbocycles. The Bertz CT molecular complexity index is 246. The lowest BCUT2D eigenvalue weighted by atomic mass is 10.3. The molecule has 0 spiro atoms. The number of hydrogen-bond acceptors (Lipinski definition) is 2. The molecule has 0 unspecified atom stereocenters. The fraction of sp³-hybridized carbons (Fsp3) is 0.786. The van der Waals surface area contributed by atoms with Crippen LogP contribution in [0, 0.1) is 0 Å². The van der Waals surface area contributed by atoms with E-state index in [1.54, 1.807) is 6.08 Å². The molecule has 0 aliphatic carbocycles. The number of hydrogen-bond donors (Lipinski definition) is 0. The molecule has 17 heavy (non-hydrogen) atoms. The van der Waals surface area contributed by atoms with E-state index in [1.807, 2.05) is 6.92 Å². The minimum atomic E-state index is -1.78. The minimum absolute atomic E-state index is 0.589. The Morgan fingerprint density at radius 3 is 1.76 bits per heavy atom. The summed E-state index contributed by atoms with van der Waals surface area (Å²) in [6.07, 6.45) is 2.43. The first-order chi connectivity index (χ1) is 7.78. The third-order valence-corrected chi connectivity index (χ3v) is 9.67. The molecule has 0 rings (SSSR count). The van der Waals surface area contributed by atoms with Crippen molar-refractivity contribution in [2.45, 2.75) is 65.1 Å². The Balaban J connectivity index is 4.94. The van der Waals surface area contributed by atoms with Crippen LogP contribution in [0.5, 0.6) is 0 Å². The number of allylic oxidation sites excluding steroid dienone is 1. The Morgan fingerprint density at radius 1 is 1.06 bits per heavy atom. The monoisotopic (exact) mass is 256 g/mol. The van der Waals surface area contributed by atoms with Crippen molar-refractivity contribution in [2.24, 2.45) is 0 Å². The van der Waals surface area contributed by atoms with Gasteiger partial charge in [0, 0.05) is 0 Å². The van der Waals surface area contributed by atoms with Gasteiger partial charge in [-0.25, -0.2) is 0 Å². The second-order valence-electron chi connectivity index (χ2n) is 5.76. The van der Waals surface area contributed by atoms with Crippen molar-refractivity contribution in [3.63, 3.8) is 0 Å². The topological polar surface area (TPSA) is 26.3 Å². The quantitative estimate of drug-likeness (QED) is 0.385. The van der Waals surface area contributed by atoms with Crippen LogP contribution < -0.4 is 0 Å². The molecule has 0 fully saturated rings. The fourth-order valence-corrected chi connectivity index (χ4v) is 8.38. The highest BCUT2D eigenvalue weighted by atomic mass is 28.4. The molecule has 0 radical (unpaired) electrons. The highest BCUT2D eigenvalue weighted by Crippen LogP contribution is 2.42. The van der Waals surface area contributed by atoms with Gasteiger partial charge >= 0.3 is 0 Å². The first kappa shape index (κ1) is 16.6. The first-order valence-corrected chi connectivity index (χ1v) is 8.67. The Morgan fingerprint density at radius 2 is 1.47 bits per heavy atom. The van der Waals surface area contributed by atoms with E-state index in [-0.39, 0.29) is 0 Å². The maximum atomic E-state index is 10.4. The third-order valence-electron chi connectivity index (χ3n) is 3.61. The lowest BCUT2D eigenvalue weighted by molar-refractivity contribution is -0.104. The molecule has 0 heterocycles. The summed E-state index contributed by atoms with van der Waals surface area (Å²) >= 11 is 0. The zero-order valence-electron chi connectivity index (χ0n) is 12.4. The zero-order chi connectivity index (χ0) is 13.6. The molecular formula is C14H28O2Si. The highest BCUT2D eigenvalue weighted by molar-refractivity contribution is 6.77. The van der Waals surface area contributed by atoms with Crippen molar-refractivity contribution in [3.05, 3.63) is 11.6 Å². The van der Waals surface area contributed by atoms with Crippen molar-refractivity contribution in [1.82, 2.24) is 0 Å². The van der Waals surface area contributed by atoms with Crippen LogP contribution in [0.25, 0.3) is 0 Å². The maximum absolute atomic E-state index is 10.4. The van der Waals surface area contributed by atoms with Gasteiger partial charge in [0.15, 0.2) is 0 Å². The van der Waals surface area contributed by atoms with E-state index in [0.29, 0.717) is 23.2 Å². The van der Waals surface area contributed by atoms with Gasteiger partial charge in [-0.1, -0.05) is 41.5 Å². The molecule has 2 nitrogen and oxygen atoms in total. The smallest absolute Gasteiger partial charge is 0.200 e. The van der Waals surface area contributed by atoms with Crippen LogP contribution in [0.15, 0.2) is 11.6 Å². The van der Waals surface area contributed by atoms with E-state index < -0.39 is 8.32 Å². The number of rotatable bonds is 7. The number of aldehydes is 1. The fourth-order valence-electron chi connectivity index (χ4n) is 2.90. The summed E-state index contributed by atoms with van der Waals surface area (Å²) in [6.45, 7) is 16.2. The van der Waals surface area contributed by atoms with Crippen LogP contribution in [0.2, 0.25) is 16.6 Å². The molecule has 0 amide bonds. The maximum Gasteiger partial charge on any atom is 0.200 e. The Hall–Kier alpha value is -0.413. The van der Waals surface area contributed by atoms with Gasteiger partial charge in [-0.3, -0.25) is 4.79 Å². The normalized spacial score (nSPS) is 13.9. The van der Waals surface area contributed by atoms with Crippen molar-refractivity contribution in [2.75, 3.05) is 6.61 Å². The second-order valence-corrected chi connectivity index (χ2v) is 11.2. The summed E-state index contributed by atoms with van der Waals surface area (Å²) in [7, 11) is -1.78. The molecule has 0 aliphatic heterocycles. The van der Waals surface area contributed by atoms with Gasteiger partial charge in [-0.2, -0.15) is 0 Å². The predicted octanol–water partition coefficient (Wildman–Crippen LogP) is 4.32. The molecular weight excluding hydrogens is 228 g/mol. The minimum Gasteiger partial charge on any atom is -0.412 e. The standard InChI is InChI=1S/C14H28O2Si/c1-11(2)17(12(3)4,13(5)6)16-10-14(7)8-9-15/h8-9,11-13H,10H2,1-7H3/b14-8+. The van der Waals surface area contributed by atoms with Crippen molar-refractivity contribution < 1.29 is 9.22 Å². The SMILES string of the molecule is C/C(=C\C=O)CO[Si](C(C)C)(C(C)C)C(C)C. The van der Waals surface area contributed by atoms with Crippen LogP contribution in [0.3, 0.4) is 0 Å². The number of carbonyl (C=O) groups excluding carboxylic acids is 1. The molecule has 3 heteroatoms. The summed E-state index contributed by atoms with van der Waals surface area (Å²) in [5, 5.41) is 0. The van der Waals surface area contributed by atoms with Gasteiger partial charge < -0.3 is 4.43 Å². The zero-order valence-corrected chi connectivity index (χ0v) is 13.4. The van der Waals surface area contributed by atoms with Gasteiger partial charge in [-0.15, -0.1) is 0 Å². The van der Waals surface area contributed by atoms with E-state index in [0.717, 1.165) is 11.9 Å². The summed E-state index contributed by atoms with van der Waals surface area (Å²) in [5.41, 5.74) is 2.78. The molecule has 0 aliphatic rings. The van der Waals surface area contributed by atoms with Gasteiger partial charge in [-0.05, 0) is 35.2 Å². The average Bonchev–Trinajstić information content (AvgIpc) is 2.17. The average molecular weight is 256 g/mol. The van der Waals surface area contributed by atoms with E-state index >= 15 is 0 Å². The van der Waals surface area contributed by atoms with Crippen LogP contribution in [-0.2, 0) is 9.22 Å². The van der Waals surface area contributed by atoms with Crippen LogP contribution in [0.4, 0.5) is 0 Å². The number of carbonyl (C=O) groups is 1. The molecule has 0 saturated heterocycles. The van der Waals surface area contributed by atoms with Crippen LogP contribution in [-0.4, -0.2) is 21.2 Å². The van der Waals surface area contributed by atoms with Crippen LogP contribution in [0.1, 0.15) is 48.5 Å². The summed E-state index contributed by atoms with van der Waals surface area (Å²) in [4.78, 5) is 10.4. The van der Waals surface area contributed by atoms with Crippen molar-refractivity contribution in [3.8, 4) is 0 Å². The van der Waals surface area contributed by atoms with Gasteiger partial charge in [0.25, 0.3) is 0 Å². The van der Waals surface area contributed by atoms with Crippen molar-refractivity contribution in [1.29, 1.82) is 0 Å². The largest absolute Gasteiger partial charge is 0.412 e. The summed E-state index contributed by atoms with van der Waals surface area (Å²) < 4.78 is 6.34. The van der Waals surface area contributed by atoms with Gasteiger partial charge in [0.2, 0.25) is 8.32 Å². The molecule has 0 bridgehead atoms. The molecule has 0 N–H and O–H groups in total. The third kappa shape index (κ3) is 4.07. The highest BCUT2D eigenvalue weighted by Gasteiger charge is 2.44. The second kappa shape index (κ2) is 7.12. The lowest BCUT2D eigenvalue weighted by Gasteiger charge is -2.42. The van der Waals surface area contributed by atoms with Gasteiger partial charge in [0.1, 0.15) is 6.29 Å². The molecule has 0 atom stereocenters. The van der Waals surface area contributed by atoms with E-state index in [2.05, 4.69) is 41.5 Å². The molecule has 0 aromatic rings. The molecule has 0 aromatic heterocycles. The van der Waals surface area contributed by atoms with E-state index in [9.17, 15) is 4.79 Å². The molecule has 100 valence electrons. The summed E-state index contributed by atoms with van der Waals surface area (Å²) in [6, 6.07) is 0. The Labute approximate surface area is 108 Å². The molecule has 0 aromatic carbocycles. The van der Waals surface area contributed by atoms with E-state index in [1.165, 1.54) is 0 Å². The van der Waals surface area contributed by atoms with Crippen LogP contribution >= 0.6 is 0 Å².